The van der Waals surface area contributed by atoms with Gasteiger partial charge in [-0.3, -0.25) is 4.79 Å². The Kier molecular flexibility index (Phi) is 4.64. The topological polar surface area (TPSA) is 32.3 Å². The molecule has 3 nitrogen and oxygen atoms in total. The van der Waals surface area contributed by atoms with Gasteiger partial charge in [-0.25, -0.2) is 0 Å². The van der Waals surface area contributed by atoms with Crippen LogP contribution in [0, 0.1) is 5.92 Å². The molecular weight excluding hydrogens is 200 g/mol. The molecule has 0 aromatic rings. The fraction of sp³-hybridized carbons (Fsp3) is 0.923. The van der Waals surface area contributed by atoms with Gasteiger partial charge in [0.15, 0.2) is 0 Å². The summed E-state index contributed by atoms with van der Waals surface area (Å²) in [6.07, 6.45) is 8.74. The van der Waals surface area contributed by atoms with Gasteiger partial charge < -0.3 is 10.2 Å². The molecule has 0 aromatic heterocycles. The standard InChI is InChI=1S/C13H24N2O/c16-13(12-6-7-12)14-8-2-5-11-15-9-3-1-4-10-15/h12H,1-11H2,(H,14,16). The molecule has 1 amide bonds. The predicted molar refractivity (Wildman–Crippen MR) is 65.3 cm³/mol. The Bertz CT molecular complexity index is 220. The monoisotopic (exact) mass is 224 g/mol. The van der Waals surface area contributed by atoms with E-state index in [9.17, 15) is 4.79 Å². The molecule has 16 heavy (non-hydrogen) atoms. The van der Waals surface area contributed by atoms with Crippen LogP contribution in [0.25, 0.3) is 0 Å². The lowest BCUT2D eigenvalue weighted by Crippen LogP contribution is -2.31. The summed E-state index contributed by atoms with van der Waals surface area (Å²) in [6.45, 7) is 4.67. The number of likely N-dealkylation sites (tertiary alicyclic amines) is 1. The summed E-state index contributed by atoms with van der Waals surface area (Å²) in [5, 5.41) is 3.02. The van der Waals surface area contributed by atoms with Crippen LogP contribution in [0.5, 0.6) is 0 Å². The van der Waals surface area contributed by atoms with Crippen molar-refractivity contribution in [1.29, 1.82) is 0 Å². The Morgan fingerprint density at radius 3 is 2.56 bits per heavy atom. The quantitative estimate of drug-likeness (QED) is 0.698. The zero-order chi connectivity index (χ0) is 11.2. The van der Waals surface area contributed by atoms with E-state index in [4.69, 9.17) is 0 Å². The van der Waals surface area contributed by atoms with E-state index in [-0.39, 0.29) is 5.91 Å². The molecule has 92 valence electrons. The fourth-order valence-corrected chi connectivity index (χ4v) is 2.34. The number of carbonyl (C=O) groups is 1. The van der Waals surface area contributed by atoms with Gasteiger partial charge in [0.25, 0.3) is 0 Å². The van der Waals surface area contributed by atoms with Crippen LogP contribution in [-0.4, -0.2) is 37.0 Å². The summed E-state index contributed by atoms with van der Waals surface area (Å²) in [5.74, 6) is 0.653. The number of piperidine rings is 1. The molecule has 0 aromatic carbocycles. The molecule has 0 unspecified atom stereocenters. The Labute approximate surface area is 98.6 Å². The van der Waals surface area contributed by atoms with Crippen molar-refractivity contribution < 1.29 is 4.79 Å². The first-order valence-corrected chi connectivity index (χ1v) is 6.86. The average Bonchev–Trinajstić information content (AvgIpc) is 3.13. The minimum Gasteiger partial charge on any atom is -0.356 e. The number of rotatable bonds is 6. The van der Waals surface area contributed by atoms with E-state index >= 15 is 0 Å². The van der Waals surface area contributed by atoms with Crippen LogP contribution in [0.15, 0.2) is 0 Å². The van der Waals surface area contributed by atoms with Crippen LogP contribution in [0.2, 0.25) is 0 Å². The average molecular weight is 224 g/mol. The van der Waals surface area contributed by atoms with Crippen molar-refractivity contribution in [3.63, 3.8) is 0 Å². The minimum absolute atomic E-state index is 0.290. The van der Waals surface area contributed by atoms with Crippen molar-refractivity contribution in [3.8, 4) is 0 Å². The maximum Gasteiger partial charge on any atom is 0.223 e. The third-order valence-corrected chi connectivity index (χ3v) is 3.60. The summed E-state index contributed by atoms with van der Waals surface area (Å²) in [4.78, 5) is 13.9. The first-order chi connectivity index (χ1) is 7.86. The number of hydrogen-bond acceptors (Lipinski definition) is 2. The molecule has 1 heterocycles. The summed E-state index contributed by atoms with van der Waals surface area (Å²) in [5.41, 5.74) is 0. The highest BCUT2D eigenvalue weighted by Gasteiger charge is 2.28. The molecule has 2 rings (SSSR count). The van der Waals surface area contributed by atoms with Crippen LogP contribution in [0.3, 0.4) is 0 Å². The van der Waals surface area contributed by atoms with Crippen molar-refractivity contribution in [3.05, 3.63) is 0 Å². The minimum atomic E-state index is 0.290. The molecule has 0 atom stereocenters. The highest BCUT2D eigenvalue weighted by Crippen LogP contribution is 2.28. The number of carbonyl (C=O) groups excluding carboxylic acids is 1. The van der Waals surface area contributed by atoms with Gasteiger partial charge in [0.1, 0.15) is 0 Å². The number of hydrogen-bond donors (Lipinski definition) is 1. The Morgan fingerprint density at radius 2 is 1.88 bits per heavy atom. The Morgan fingerprint density at radius 1 is 1.12 bits per heavy atom. The number of unbranched alkanes of at least 4 members (excludes halogenated alkanes) is 1. The van der Waals surface area contributed by atoms with Gasteiger partial charge in [-0.2, -0.15) is 0 Å². The van der Waals surface area contributed by atoms with Crippen molar-refractivity contribution in [2.45, 2.75) is 44.9 Å². The molecule has 1 aliphatic heterocycles. The van der Waals surface area contributed by atoms with Crippen molar-refractivity contribution >= 4 is 5.91 Å². The van der Waals surface area contributed by atoms with Gasteiger partial charge in [-0.1, -0.05) is 6.42 Å². The van der Waals surface area contributed by atoms with Crippen molar-refractivity contribution in [2.75, 3.05) is 26.2 Å². The molecule has 0 bridgehead atoms. The second kappa shape index (κ2) is 6.24. The third-order valence-electron chi connectivity index (χ3n) is 3.60. The van der Waals surface area contributed by atoms with Crippen LogP contribution in [0.4, 0.5) is 0 Å². The Balaban J connectivity index is 1.43. The van der Waals surface area contributed by atoms with E-state index in [1.165, 1.54) is 45.3 Å². The molecule has 2 fully saturated rings. The summed E-state index contributed by atoms with van der Waals surface area (Å²) in [7, 11) is 0. The molecule has 2 aliphatic rings. The van der Waals surface area contributed by atoms with Crippen molar-refractivity contribution in [2.24, 2.45) is 5.92 Å². The molecular formula is C13H24N2O. The second-order valence-electron chi connectivity index (χ2n) is 5.17. The smallest absolute Gasteiger partial charge is 0.223 e. The van der Waals surface area contributed by atoms with E-state index in [1.807, 2.05) is 0 Å². The van der Waals surface area contributed by atoms with E-state index in [0.29, 0.717) is 5.92 Å². The van der Waals surface area contributed by atoms with E-state index in [2.05, 4.69) is 10.2 Å². The van der Waals surface area contributed by atoms with Gasteiger partial charge in [-0.15, -0.1) is 0 Å². The zero-order valence-corrected chi connectivity index (χ0v) is 10.2. The predicted octanol–water partition coefficient (Wildman–Crippen LogP) is 1.78. The van der Waals surface area contributed by atoms with Gasteiger partial charge in [0, 0.05) is 12.5 Å². The van der Waals surface area contributed by atoms with Gasteiger partial charge in [0.05, 0.1) is 0 Å². The number of nitrogens with zero attached hydrogens (tertiary/aromatic N) is 1. The third kappa shape index (κ3) is 4.12. The molecule has 0 radical (unpaired) electrons. The summed E-state index contributed by atoms with van der Waals surface area (Å²) < 4.78 is 0. The van der Waals surface area contributed by atoms with E-state index in [1.54, 1.807) is 0 Å². The molecule has 1 N–H and O–H groups in total. The molecule has 1 saturated heterocycles. The first-order valence-electron chi connectivity index (χ1n) is 6.86. The van der Waals surface area contributed by atoms with Crippen LogP contribution in [-0.2, 0) is 4.79 Å². The highest BCUT2D eigenvalue weighted by molar-refractivity contribution is 5.80. The lowest BCUT2D eigenvalue weighted by Gasteiger charge is -2.26. The van der Waals surface area contributed by atoms with Gasteiger partial charge in [0.2, 0.25) is 5.91 Å². The van der Waals surface area contributed by atoms with Gasteiger partial charge in [-0.05, 0) is 58.2 Å². The number of nitrogens with one attached hydrogen (secondary N) is 1. The van der Waals surface area contributed by atoms with E-state index in [0.717, 1.165) is 25.8 Å². The molecule has 1 aliphatic carbocycles. The summed E-state index contributed by atoms with van der Waals surface area (Å²) >= 11 is 0. The Hall–Kier alpha value is -0.570. The van der Waals surface area contributed by atoms with Crippen LogP contribution < -0.4 is 5.32 Å². The maximum absolute atomic E-state index is 11.3. The molecule has 0 spiro atoms. The lowest BCUT2D eigenvalue weighted by atomic mass is 10.1. The first kappa shape index (κ1) is 11.9. The molecule has 3 heteroatoms. The highest BCUT2D eigenvalue weighted by atomic mass is 16.2. The van der Waals surface area contributed by atoms with Crippen molar-refractivity contribution in [1.82, 2.24) is 10.2 Å². The van der Waals surface area contributed by atoms with Gasteiger partial charge >= 0.3 is 0 Å². The fourth-order valence-electron chi connectivity index (χ4n) is 2.34. The van der Waals surface area contributed by atoms with E-state index < -0.39 is 0 Å². The van der Waals surface area contributed by atoms with Crippen LogP contribution >= 0.6 is 0 Å². The maximum atomic E-state index is 11.3. The largest absolute Gasteiger partial charge is 0.356 e. The summed E-state index contributed by atoms with van der Waals surface area (Å²) in [6, 6.07) is 0. The number of amides is 1. The zero-order valence-electron chi connectivity index (χ0n) is 10.2. The molecule has 1 saturated carbocycles. The second-order valence-corrected chi connectivity index (χ2v) is 5.17. The normalized spacial score (nSPS) is 22.0. The van der Waals surface area contributed by atoms with Crippen LogP contribution in [0.1, 0.15) is 44.9 Å². The SMILES string of the molecule is O=C(NCCCCN1CCCCC1)C1CC1. The lowest BCUT2D eigenvalue weighted by molar-refractivity contribution is -0.122.